The highest BCUT2D eigenvalue weighted by atomic mass is 19.1. The second-order valence-electron chi connectivity index (χ2n) is 6.09. The highest BCUT2D eigenvalue weighted by Crippen LogP contribution is 2.14. The number of benzene rings is 1. The average Bonchev–Trinajstić information content (AvgIpc) is 2.66. The molecule has 0 bridgehead atoms. The van der Waals surface area contributed by atoms with Gasteiger partial charge >= 0.3 is 0 Å². The van der Waals surface area contributed by atoms with Crippen LogP contribution < -0.4 is 10.6 Å². The Hall–Kier alpha value is -2.61. The number of halogens is 2. The number of carbonyl (C=O) groups is 2. The van der Waals surface area contributed by atoms with E-state index in [1.807, 2.05) is 0 Å². The van der Waals surface area contributed by atoms with Gasteiger partial charge in [-0.2, -0.15) is 0 Å². The number of aliphatic imine (C=N–C) groups is 1. The van der Waals surface area contributed by atoms with E-state index in [1.165, 1.54) is 19.2 Å². The van der Waals surface area contributed by atoms with Gasteiger partial charge in [-0.3, -0.25) is 14.6 Å². The van der Waals surface area contributed by atoms with E-state index in [2.05, 4.69) is 15.6 Å². The van der Waals surface area contributed by atoms with Crippen molar-refractivity contribution in [2.75, 3.05) is 26.8 Å². The molecule has 8 heteroatoms. The van der Waals surface area contributed by atoms with Gasteiger partial charge in [-0.1, -0.05) is 12.1 Å². The minimum atomic E-state index is -0.989. The number of nitrogens with zero attached hydrogens (tertiary/aromatic N) is 1. The molecule has 2 amide bonds. The van der Waals surface area contributed by atoms with Crippen LogP contribution in [-0.2, 0) is 9.53 Å². The molecule has 0 spiro atoms. The van der Waals surface area contributed by atoms with E-state index in [9.17, 15) is 18.4 Å². The first-order valence-electron chi connectivity index (χ1n) is 8.72. The molecule has 1 aliphatic heterocycles. The summed E-state index contributed by atoms with van der Waals surface area (Å²) in [5.41, 5.74) is -0.654. The fraction of sp³-hybridized carbons (Fsp3) is 0.421. The van der Waals surface area contributed by atoms with Crippen LogP contribution in [0.1, 0.15) is 30.1 Å². The van der Waals surface area contributed by atoms with Gasteiger partial charge in [0, 0.05) is 26.8 Å². The van der Waals surface area contributed by atoms with Crippen LogP contribution in [0.2, 0.25) is 0 Å². The van der Waals surface area contributed by atoms with E-state index in [0.29, 0.717) is 25.7 Å². The minimum Gasteiger partial charge on any atom is -0.381 e. The van der Waals surface area contributed by atoms with Crippen LogP contribution >= 0.6 is 0 Å². The SMILES string of the molecule is C/C=C(/NC(=O)c1c(F)cccc1F)C(=NC)C(=O)NCC1CCOCC1. The Morgan fingerprint density at radius 1 is 1.26 bits per heavy atom. The Balaban J connectivity index is 2.05. The first-order chi connectivity index (χ1) is 13.0. The number of hydrogen-bond donors (Lipinski definition) is 2. The molecule has 0 radical (unpaired) electrons. The number of ether oxygens (including phenoxy) is 1. The van der Waals surface area contributed by atoms with Crippen molar-refractivity contribution in [3.63, 3.8) is 0 Å². The van der Waals surface area contributed by atoms with Gasteiger partial charge in [0.1, 0.15) is 22.9 Å². The van der Waals surface area contributed by atoms with E-state index in [-0.39, 0.29) is 11.4 Å². The molecule has 1 saturated heterocycles. The lowest BCUT2D eigenvalue weighted by Crippen LogP contribution is -2.40. The number of allylic oxidation sites excluding steroid dienone is 1. The first kappa shape index (κ1) is 20.7. The smallest absolute Gasteiger partial charge is 0.271 e. The summed E-state index contributed by atoms with van der Waals surface area (Å²) in [4.78, 5) is 28.7. The second kappa shape index (κ2) is 9.91. The van der Waals surface area contributed by atoms with Gasteiger partial charge in [-0.15, -0.1) is 0 Å². The lowest BCUT2D eigenvalue weighted by molar-refractivity contribution is -0.115. The summed E-state index contributed by atoms with van der Waals surface area (Å²) in [5.74, 6) is -3.11. The van der Waals surface area contributed by atoms with Crippen LogP contribution in [0.5, 0.6) is 0 Å². The third kappa shape index (κ3) is 5.43. The summed E-state index contributed by atoms with van der Waals surface area (Å²) in [6.07, 6.45) is 3.17. The van der Waals surface area contributed by atoms with Crippen LogP contribution in [0.4, 0.5) is 8.78 Å². The third-order valence-corrected chi connectivity index (χ3v) is 4.31. The molecule has 1 aromatic rings. The molecule has 146 valence electrons. The Morgan fingerprint density at radius 2 is 1.89 bits per heavy atom. The highest BCUT2D eigenvalue weighted by Gasteiger charge is 2.23. The Labute approximate surface area is 156 Å². The predicted octanol–water partition coefficient (Wildman–Crippen LogP) is 2.21. The summed E-state index contributed by atoms with van der Waals surface area (Å²) in [6, 6.07) is 3.15. The molecule has 0 aromatic heterocycles. The Morgan fingerprint density at radius 3 is 2.44 bits per heavy atom. The van der Waals surface area contributed by atoms with Crippen molar-refractivity contribution < 1.29 is 23.1 Å². The molecule has 2 N–H and O–H groups in total. The van der Waals surface area contributed by atoms with E-state index < -0.39 is 29.0 Å². The van der Waals surface area contributed by atoms with Crippen molar-refractivity contribution in [1.29, 1.82) is 0 Å². The normalized spacial score (nSPS) is 16.1. The summed E-state index contributed by atoms with van der Waals surface area (Å²) in [7, 11) is 1.41. The molecule has 0 aliphatic carbocycles. The summed E-state index contributed by atoms with van der Waals surface area (Å²) in [5, 5.41) is 5.15. The van der Waals surface area contributed by atoms with Crippen molar-refractivity contribution in [2.45, 2.75) is 19.8 Å². The fourth-order valence-corrected chi connectivity index (χ4v) is 2.78. The van der Waals surface area contributed by atoms with Gasteiger partial charge in [-0.05, 0) is 37.8 Å². The zero-order valence-corrected chi connectivity index (χ0v) is 15.4. The number of rotatable bonds is 6. The molecular formula is C19H23F2N3O3. The van der Waals surface area contributed by atoms with Crippen molar-refractivity contribution in [1.82, 2.24) is 10.6 Å². The zero-order valence-electron chi connectivity index (χ0n) is 15.4. The molecule has 0 saturated carbocycles. The van der Waals surface area contributed by atoms with Crippen LogP contribution in [0, 0.1) is 17.6 Å². The molecular weight excluding hydrogens is 356 g/mol. The van der Waals surface area contributed by atoms with Gasteiger partial charge in [0.05, 0.1) is 5.70 Å². The molecule has 1 heterocycles. The number of carbonyl (C=O) groups excluding carboxylic acids is 2. The maximum absolute atomic E-state index is 13.8. The van der Waals surface area contributed by atoms with Crippen molar-refractivity contribution in [3.05, 3.63) is 47.2 Å². The van der Waals surface area contributed by atoms with Crippen LogP contribution in [0.25, 0.3) is 0 Å². The minimum absolute atomic E-state index is 0.0188. The Kier molecular flexibility index (Phi) is 7.60. The maximum Gasteiger partial charge on any atom is 0.271 e. The fourth-order valence-electron chi connectivity index (χ4n) is 2.78. The van der Waals surface area contributed by atoms with Crippen LogP contribution in [0.15, 0.2) is 35.0 Å². The molecule has 0 atom stereocenters. The summed E-state index contributed by atoms with van der Waals surface area (Å²) >= 11 is 0. The standard InChI is InChI=1S/C19H23F2N3O3/c1-3-15(24-18(25)16-13(20)5-4-6-14(16)21)17(22-2)19(26)23-11-12-7-9-27-10-8-12/h3-6,12H,7-11H2,1-2H3,(H,23,26)(H,24,25)/b15-3+,22-17?. The van der Waals surface area contributed by atoms with Crippen molar-refractivity contribution >= 4 is 17.5 Å². The lowest BCUT2D eigenvalue weighted by Gasteiger charge is -2.22. The first-order valence-corrected chi connectivity index (χ1v) is 8.72. The van der Waals surface area contributed by atoms with E-state index in [0.717, 1.165) is 25.0 Å². The van der Waals surface area contributed by atoms with Crippen molar-refractivity contribution in [2.24, 2.45) is 10.9 Å². The lowest BCUT2D eigenvalue weighted by atomic mass is 10.0. The van der Waals surface area contributed by atoms with Crippen molar-refractivity contribution in [3.8, 4) is 0 Å². The van der Waals surface area contributed by atoms with E-state index in [4.69, 9.17) is 4.74 Å². The molecule has 1 fully saturated rings. The largest absolute Gasteiger partial charge is 0.381 e. The predicted molar refractivity (Wildman–Crippen MR) is 97.5 cm³/mol. The Bertz CT molecular complexity index is 736. The van der Waals surface area contributed by atoms with Crippen LogP contribution in [-0.4, -0.2) is 44.3 Å². The topological polar surface area (TPSA) is 79.8 Å². The van der Waals surface area contributed by atoms with Gasteiger partial charge in [-0.25, -0.2) is 8.78 Å². The molecule has 6 nitrogen and oxygen atoms in total. The maximum atomic E-state index is 13.8. The van der Waals surface area contributed by atoms with E-state index >= 15 is 0 Å². The molecule has 1 aliphatic rings. The quantitative estimate of drug-likeness (QED) is 0.744. The van der Waals surface area contributed by atoms with Gasteiger partial charge in [0.15, 0.2) is 0 Å². The zero-order chi connectivity index (χ0) is 19.8. The van der Waals surface area contributed by atoms with Gasteiger partial charge in [0.2, 0.25) is 0 Å². The van der Waals surface area contributed by atoms with Crippen LogP contribution in [0.3, 0.4) is 0 Å². The number of hydrogen-bond acceptors (Lipinski definition) is 4. The monoisotopic (exact) mass is 379 g/mol. The highest BCUT2D eigenvalue weighted by molar-refractivity contribution is 6.45. The van der Waals surface area contributed by atoms with Gasteiger partial charge in [0.25, 0.3) is 11.8 Å². The number of nitrogens with one attached hydrogen (secondary N) is 2. The number of amides is 2. The van der Waals surface area contributed by atoms with Gasteiger partial charge < -0.3 is 15.4 Å². The average molecular weight is 379 g/mol. The molecule has 1 aromatic carbocycles. The summed E-state index contributed by atoms with van der Waals surface area (Å²) in [6.45, 7) is 3.39. The molecule has 27 heavy (non-hydrogen) atoms. The molecule has 2 rings (SSSR count). The summed E-state index contributed by atoms with van der Waals surface area (Å²) < 4.78 is 32.8. The molecule has 0 unspecified atom stereocenters. The third-order valence-electron chi connectivity index (χ3n) is 4.31. The van der Waals surface area contributed by atoms with E-state index in [1.54, 1.807) is 6.92 Å². The second-order valence-corrected chi connectivity index (χ2v) is 6.09.